The molecule has 5 rings (SSSR count). The van der Waals surface area contributed by atoms with Crippen LogP contribution < -0.4 is 19.7 Å². The lowest BCUT2D eigenvalue weighted by atomic mass is 9.59. The molecule has 0 aliphatic carbocycles. The van der Waals surface area contributed by atoms with Gasteiger partial charge in [-0.05, 0) is 35.2 Å². The zero-order valence-electron chi connectivity index (χ0n) is 22.0. The van der Waals surface area contributed by atoms with Crippen molar-refractivity contribution in [3.63, 3.8) is 0 Å². The maximum Gasteiger partial charge on any atom is 0.270 e. The maximum absolute atomic E-state index is 13.7. The Balaban J connectivity index is 1.53. The fourth-order valence-corrected chi connectivity index (χ4v) is 5.23. The zero-order valence-corrected chi connectivity index (χ0v) is 22.8. The van der Waals surface area contributed by atoms with E-state index in [0.717, 1.165) is 17.7 Å². The molecule has 1 N–H and O–H groups in total. The summed E-state index contributed by atoms with van der Waals surface area (Å²) in [5.41, 5.74) is 4.37. The van der Waals surface area contributed by atoms with Crippen molar-refractivity contribution in [1.82, 2.24) is 0 Å². The van der Waals surface area contributed by atoms with Crippen LogP contribution in [0.15, 0.2) is 54.6 Å². The number of alkyl halides is 1. The second-order valence-corrected chi connectivity index (χ2v) is 11.6. The minimum Gasteiger partial charge on any atom is -0.497 e. The fourth-order valence-electron chi connectivity index (χ4n) is 5.12. The molecule has 0 spiro atoms. The highest BCUT2D eigenvalue weighted by atomic mass is 35.5. The number of non-ortho nitro benzene ring substituents is 1. The van der Waals surface area contributed by atoms with E-state index in [1.807, 2.05) is 44.9 Å². The third-order valence-electron chi connectivity index (χ3n) is 7.23. The average Bonchev–Trinajstić information content (AvgIpc) is 3.18. The number of carbonyl (C=O) groups excluding carboxylic acids is 1. The van der Waals surface area contributed by atoms with E-state index in [9.17, 15) is 14.9 Å². The molecule has 3 aromatic rings. The van der Waals surface area contributed by atoms with Crippen LogP contribution in [-0.4, -0.2) is 61.9 Å². The van der Waals surface area contributed by atoms with Crippen LogP contribution >= 0.6 is 11.6 Å². The second kappa shape index (κ2) is 9.34. The van der Waals surface area contributed by atoms with Crippen molar-refractivity contribution in [2.45, 2.75) is 22.5 Å². The Hall–Kier alpha value is -3.52. The molecule has 3 aromatic carbocycles. The number of methoxy groups -OCH3 is 1. The number of halogens is 1. The van der Waals surface area contributed by atoms with Gasteiger partial charge in [0, 0.05) is 35.1 Å². The van der Waals surface area contributed by atoms with Crippen molar-refractivity contribution < 1.29 is 19.2 Å². The van der Waals surface area contributed by atoms with Gasteiger partial charge in [-0.25, -0.2) is 0 Å². The van der Waals surface area contributed by atoms with Crippen molar-refractivity contribution in [3.05, 3.63) is 87.0 Å². The Morgan fingerprint density at radius 1 is 1.08 bits per heavy atom. The van der Waals surface area contributed by atoms with E-state index in [1.165, 1.54) is 19.2 Å². The van der Waals surface area contributed by atoms with Crippen molar-refractivity contribution in [2.24, 2.45) is 0 Å². The number of nitro groups is 1. The number of fused-ring (bicyclic) bond motifs is 4. The Morgan fingerprint density at radius 3 is 2.47 bits per heavy atom. The van der Waals surface area contributed by atoms with E-state index in [2.05, 4.69) is 11.4 Å². The molecule has 0 radical (unpaired) electrons. The minimum absolute atomic E-state index is 0.00120. The van der Waals surface area contributed by atoms with Crippen LogP contribution in [0.4, 0.5) is 17.1 Å². The number of hydrogen-bond acceptors (Lipinski definition) is 6. The molecule has 0 saturated carbocycles. The Labute approximate surface area is 229 Å². The molecule has 1 atom stereocenters. The van der Waals surface area contributed by atoms with Crippen LogP contribution in [0.25, 0.3) is 0 Å². The zero-order chi connectivity index (χ0) is 27.4. The first-order valence-electron chi connectivity index (χ1n) is 12.4. The molecule has 2 aliphatic rings. The number of ether oxygens (including phenoxy) is 2. The van der Waals surface area contributed by atoms with Gasteiger partial charge in [-0.3, -0.25) is 14.9 Å². The van der Waals surface area contributed by atoms with Gasteiger partial charge < -0.3 is 19.7 Å². The highest BCUT2D eigenvalue weighted by molar-refractivity contribution is 6.61. The van der Waals surface area contributed by atoms with Gasteiger partial charge in [0.1, 0.15) is 15.7 Å². The van der Waals surface area contributed by atoms with Gasteiger partial charge in [0.05, 0.1) is 34.7 Å². The SMILES string of the molecule is BC(B)(Cl)c1cc([N+](=O)[O-])cc(C(B)(B)Oc2cc3c(cc2OC)C(=O)N2c4ccccc4C[C@H]2CN3)c1. The molecule has 0 unspecified atom stereocenters. The average molecular weight is 527 g/mol. The Bertz CT molecular complexity index is 1460. The Morgan fingerprint density at radius 2 is 1.79 bits per heavy atom. The third-order valence-corrected chi connectivity index (χ3v) is 7.45. The third kappa shape index (κ3) is 4.62. The van der Waals surface area contributed by atoms with Crippen molar-refractivity contribution in [2.75, 3.05) is 23.9 Å². The monoisotopic (exact) mass is 527 g/mol. The number of rotatable bonds is 6. The lowest BCUT2D eigenvalue weighted by molar-refractivity contribution is -0.385. The first-order chi connectivity index (χ1) is 17.9. The standard InChI is InChI=1S/C25H26B4ClN3O5/c1-37-21-10-18-19(31-12-17-6-13-4-2-3-5-20(13)32(17)23(18)34)11-22(21)38-25(28,29)15-7-14(24(26,27)30)8-16(9-15)33(35)36/h2-5,7-11,17,31H,6,12,26-29H2,1H3/t17-/m0/s1. The highest BCUT2D eigenvalue weighted by Gasteiger charge is 2.38. The summed E-state index contributed by atoms with van der Waals surface area (Å²) in [6, 6.07) is 16.2. The molecule has 38 heavy (non-hydrogen) atoms. The van der Waals surface area contributed by atoms with E-state index in [0.29, 0.717) is 40.4 Å². The molecule has 0 saturated heterocycles. The summed E-state index contributed by atoms with van der Waals surface area (Å²) in [6.45, 7) is 0.585. The van der Waals surface area contributed by atoms with E-state index < -0.39 is 15.0 Å². The molecular formula is C25H26B4ClN3O5. The molecule has 0 fully saturated rings. The topological polar surface area (TPSA) is 93.9 Å². The highest BCUT2D eigenvalue weighted by Crippen LogP contribution is 2.42. The molecule has 190 valence electrons. The number of nitrogens with one attached hydrogen (secondary N) is 1. The van der Waals surface area contributed by atoms with Crippen LogP contribution in [0.1, 0.15) is 27.0 Å². The van der Waals surface area contributed by atoms with Gasteiger partial charge in [-0.15, -0.1) is 11.6 Å². The number of nitro benzene ring substituents is 1. The smallest absolute Gasteiger partial charge is 0.270 e. The van der Waals surface area contributed by atoms with Crippen molar-refractivity contribution >= 4 is 66.0 Å². The summed E-state index contributed by atoms with van der Waals surface area (Å²) >= 11 is 6.52. The molecule has 2 heterocycles. The lowest BCUT2D eigenvalue weighted by Crippen LogP contribution is -2.39. The number of carbonyl (C=O) groups is 1. The van der Waals surface area contributed by atoms with E-state index in [-0.39, 0.29) is 17.6 Å². The summed E-state index contributed by atoms with van der Waals surface area (Å²) in [7, 11) is 8.74. The predicted molar refractivity (Wildman–Crippen MR) is 159 cm³/mol. The number of nitrogens with zero attached hydrogens (tertiary/aromatic N) is 2. The van der Waals surface area contributed by atoms with Crippen LogP contribution in [-0.2, 0) is 16.5 Å². The first-order valence-corrected chi connectivity index (χ1v) is 12.8. The van der Waals surface area contributed by atoms with E-state index in [1.54, 1.807) is 27.8 Å². The first kappa shape index (κ1) is 26.1. The summed E-state index contributed by atoms with van der Waals surface area (Å²) in [6.07, 6.45) is 0.780. The van der Waals surface area contributed by atoms with E-state index >= 15 is 0 Å². The van der Waals surface area contributed by atoms with Gasteiger partial charge in [0.2, 0.25) is 0 Å². The molecule has 2 aliphatic heterocycles. The number of para-hydroxylation sites is 1. The number of amides is 1. The predicted octanol–water partition coefficient (Wildman–Crippen LogP) is 0.671. The van der Waals surface area contributed by atoms with Crippen LogP contribution in [0, 0.1) is 10.1 Å². The number of anilines is 2. The summed E-state index contributed by atoms with van der Waals surface area (Å²) in [5, 5.41) is 14.1. The van der Waals surface area contributed by atoms with Gasteiger partial charge in [0.15, 0.2) is 27.2 Å². The largest absolute Gasteiger partial charge is 0.497 e. The fraction of sp³-hybridized carbons (Fsp3) is 0.240. The molecular weight excluding hydrogens is 501 g/mol. The molecule has 13 heteroatoms. The van der Waals surface area contributed by atoms with Crippen LogP contribution in [0.2, 0.25) is 0 Å². The van der Waals surface area contributed by atoms with Gasteiger partial charge in [-0.2, -0.15) is 0 Å². The maximum atomic E-state index is 13.7. The van der Waals surface area contributed by atoms with Gasteiger partial charge in [0.25, 0.3) is 11.6 Å². The molecule has 1 amide bonds. The number of hydrogen-bond donors (Lipinski definition) is 1. The molecule has 0 aromatic heterocycles. The number of benzene rings is 3. The van der Waals surface area contributed by atoms with Crippen LogP contribution in [0.3, 0.4) is 0 Å². The Kier molecular flexibility index (Phi) is 6.42. The summed E-state index contributed by atoms with van der Waals surface area (Å²) < 4.78 is 11.3. The van der Waals surface area contributed by atoms with Gasteiger partial charge >= 0.3 is 0 Å². The van der Waals surface area contributed by atoms with Crippen molar-refractivity contribution in [3.8, 4) is 11.5 Å². The molecule has 0 bridgehead atoms. The quantitative estimate of drug-likeness (QED) is 0.220. The summed E-state index contributed by atoms with van der Waals surface area (Å²) in [5.74, 6) is 0.704. The lowest BCUT2D eigenvalue weighted by Gasteiger charge is -2.30. The minimum atomic E-state index is -0.988. The second-order valence-electron chi connectivity index (χ2n) is 10.7. The van der Waals surface area contributed by atoms with Crippen LogP contribution in [0.5, 0.6) is 11.5 Å². The normalized spacial score (nSPS) is 16.5. The van der Waals surface area contributed by atoms with Gasteiger partial charge in [-0.1, -0.05) is 24.3 Å². The summed E-state index contributed by atoms with van der Waals surface area (Å²) in [4.78, 5) is 26.8. The van der Waals surface area contributed by atoms with E-state index in [4.69, 9.17) is 21.1 Å². The molecule has 8 nitrogen and oxygen atoms in total. The van der Waals surface area contributed by atoms with Crippen molar-refractivity contribution in [1.29, 1.82) is 0 Å².